The van der Waals surface area contributed by atoms with Crippen molar-refractivity contribution in [3.63, 3.8) is 0 Å². The van der Waals surface area contributed by atoms with Crippen molar-refractivity contribution in [3.05, 3.63) is 87.7 Å². The number of aromatic amines is 1. The first-order chi connectivity index (χ1) is 17.4. The van der Waals surface area contributed by atoms with Gasteiger partial charge in [-0.15, -0.1) is 0 Å². The summed E-state index contributed by atoms with van der Waals surface area (Å²) in [4.78, 5) is 31.4. The van der Waals surface area contributed by atoms with E-state index in [1.54, 1.807) is 42.3 Å². The summed E-state index contributed by atoms with van der Waals surface area (Å²) in [7, 11) is 6.07. The summed E-state index contributed by atoms with van der Waals surface area (Å²) in [6.45, 7) is 1.99. The minimum absolute atomic E-state index is 0.0431. The number of nitrogens with one attached hydrogen (secondary N) is 1. The molecular formula is C28H28N2O6. The van der Waals surface area contributed by atoms with Crippen molar-refractivity contribution < 1.29 is 23.7 Å². The Labute approximate surface area is 209 Å². The third-order valence-electron chi connectivity index (χ3n) is 5.93. The SMILES string of the molecule is COc1ccc2[nH]c(=O)c(CN(C(=O)c3cc(OC)c(OC)c(OC)c3)c3cccc(C)c3)cc2c1. The van der Waals surface area contributed by atoms with E-state index in [4.69, 9.17) is 18.9 Å². The first-order valence-corrected chi connectivity index (χ1v) is 11.3. The molecular weight excluding hydrogens is 460 g/mol. The number of carbonyl (C=O) groups excluding carboxylic acids is 1. The van der Waals surface area contributed by atoms with Crippen LogP contribution >= 0.6 is 0 Å². The third-order valence-corrected chi connectivity index (χ3v) is 5.93. The molecule has 0 aliphatic heterocycles. The highest BCUT2D eigenvalue weighted by atomic mass is 16.5. The van der Waals surface area contributed by atoms with Gasteiger partial charge in [0.2, 0.25) is 5.75 Å². The molecule has 0 atom stereocenters. The van der Waals surface area contributed by atoms with Gasteiger partial charge in [-0.05, 0) is 61.0 Å². The zero-order chi connectivity index (χ0) is 25.8. The molecule has 0 spiro atoms. The number of methoxy groups -OCH3 is 4. The number of carbonyl (C=O) groups is 1. The molecule has 0 bridgehead atoms. The molecule has 36 heavy (non-hydrogen) atoms. The Kier molecular flexibility index (Phi) is 7.15. The lowest BCUT2D eigenvalue weighted by atomic mass is 10.1. The molecule has 8 heteroatoms. The topological polar surface area (TPSA) is 90.1 Å². The molecule has 0 unspecified atom stereocenters. The van der Waals surface area contributed by atoms with Crippen LogP contribution in [0.2, 0.25) is 0 Å². The smallest absolute Gasteiger partial charge is 0.258 e. The molecule has 1 heterocycles. The zero-order valence-corrected chi connectivity index (χ0v) is 20.9. The van der Waals surface area contributed by atoms with Crippen molar-refractivity contribution in [1.29, 1.82) is 0 Å². The molecule has 4 rings (SSSR count). The molecule has 0 saturated carbocycles. The van der Waals surface area contributed by atoms with Crippen molar-refractivity contribution >= 4 is 22.5 Å². The molecule has 1 N–H and O–H groups in total. The normalized spacial score (nSPS) is 10.7. The van der Waals surface area contributed by atoms with Gasteiger partial charge in [0, 0.05) is 27.7 Å². The fourth-order valence-electron chi connectivity index (χ4n) is 4.08. The van der Waals surface area contributed by atoms with Gasteiger partial charge in [0.15, 0.2) is 11.5 Å². The quantitative estimate of drug-likeness (QED) is 0.386. The number of amides is 1. The van der Waals surface area contributed by atoms with Gasteiger partial charge in [-0.3, -0.25) is 9.59 Å². The second-order valence-electron chi connectivity index (χ2n) is 8.22. The summed E-state index contributed by atoms with van der Waals surface area (Å²) in [6, 6.07) is 17.9. The Morgan fingerprint density at radius 3 is 2.19 bits per heavy atom. The van der Waals surface area contributed by atoms with E-state index in [1.165, 1.54) is 21.3 Å². The predicted octanol–water partition coefficient (Wildman–Crippen LogP) is 4.72. The standard InChI is InChI=1S/C28H28N2O6/c1-17-7-6-8-21(11-17)30(28(32)19-14-24(34-3)26(36-5)25(15-19)35-4)16-20-12-18-13-22(33-2)9-10-23(18)29-27(20)31/h6-15H,16H2,1-5H3,(H,29,31). The largest absolute Gasteiger partial charge is 0.497 e. The van der Waals surface area contributed by atoms with E-state index in [-0.39, 0.29) is 18.0 Å². The van der Waals surface area contributed by atoms with Crippen LogP contribution in [0.15, 0.2) is 65.5 Å². The zero-order valence-electron chi connectivity index (χ0n) is 20.9. The third kappa shape index (κ3) is 4.84. The highest BCUT2D eigenvalue weighted by molar-refractivity contribution is 6.07. The summed E-state index contributed by atoms with van der Waals surface area (Å²) in [5.74, 6) is 1.45. The van der Waals surface area contributed by atoms with E-state index in [9.17, 15) is 9.59 Å². The molecule has 0 fully saturated rings. The van der Waals surface area contributed by atoms with Crippen LogP contribution in [0.4, 0.5) is 5.69 Å². The van der Waals surface area contributed by atoms with Crippen LogP contribution < -0.4 is 29.4 Å². The first-order valence-electron chi connectivity index (χ1n) is 11.3. The van der Waals surface area contributed by atoms with Crippen LogP contribution in [0.25, 0.3) is 10.9 Å². The maximum atomic E-state index is 13.9. The number of ether oxygens (including phenoxy) is 4. The highest BCUT2D eigenvalue weighted by Gasteiger charge is 2.24. The maximum Gasteiger partial charge on any atom is 0.258 e. The van der Waals surface area contributed by atoms with Gasteiger partial charge >= 0.3 is 0 Å². The Bertz CT molecular complexity index is 1450. The van der Waals surface area contributed by atoms with Gasteiger partial charge in [0.1, 0.15) is 5.75 Å². The minimum atomic E-state index is -0.329. The molecule has 0 aliphatic carbocycles. The number of benzene rings is 3. The number of aryl methyl sites for hydroxylation is 1. The van der Waals surface area contributed by atoms with E-state index in [1.807, 2.05) is 37.3 Å². The number of rotatable bonds is 8. The van der Waals surface area contributed by atoms with Crippen LogP contribution in [-0.2, 0) is 6.54 Å². The maximum absolute atomic E-state index is 13.9. The number of fused-ring (bicyclic) bond motifs is 1. The van der Waals surface area contributed by atoms with Gasteiger partial charge in [-0.1, -0.05) is 12.1 Å². The molecule has 0 radical (unpaired) electrons. The van der Waals surface area contributed by atoms with Crippen molar-refractivity contribution in [1.82, 2.24) is 4.98 Å². The molecule has 1 aromatic heterocycles. The second-order valence-corrected chi connectivity index (χ2v) is 8.22. The van der Waals surface area contributed by atoms with E-state index in [0.717, 1.165) is 10.9 Å². The summed E-state index contributed by atoms with van der Waals surface area (Å²) >= 11 is 0. The van der Waals surface area contributed by atoms with Crippen molar-refractivity contribution in [2.45, 2.75) is 13.5 Å². The van der Waals surface area contributed by atoms with Gasteiger partial charge in [0.25, 0.3) is 11.5 Å². The number of anilines is 1. The number of nitrogens with zero attached hydrogens (tertiary/aromatic N) is 1. The lowest BCUT2D eigenvalue weighted by Gasteiger charge is -2.24. The van der Waals surface area contributed by atoms with Gasteiger partial charge in [0.05, 0.1) is 35.0 Å². The average molecular weight is 489 g/mol. The van der Waals surface area contributed by atoms with Gasteiger partial charge in [-0.2, -0.15) is 0 Å². The van der Waals surface area contributed by atoms with E-state index in [0.29, 0.717) is 45.3 Å². The molecule has 0 saturated heterocycles. The average Bonchev–Trinajstić information content (AvgIpc) is 2.90. The van der Waals surface area contributed by atoms with E-state index < -0.39 is 0 Å². The Balaban J connectivity index is 1.83. The summed E-state index contributed by atoms with van der Waals surface area (Å²) in [5.41, 5.74) is 2.79. The fraction of sp³-hybridized carbons (Fsp3) is 0.214. The summed E-state index contributed by atoms with van der Waals surface area (Å²) in [6.07, 6.45) is 0. The number of H-pyrrole nitrogens is 1. The lowest BCUT2D eigenvalue weighted by molar-refractivity contribution is 0.0984. The number of aromatic nitrogens is 1. The second kappa shape index (κ2) is 10.4. The predicted molar refractivity (Wildman–Crippen MR) is 139 cm³/mol. The van der Waals surface area contributed by atoms with E-state index in [2.05, 4.69) is 4.98 Å². The lowest BCUT2D eigenvalue weighted by Crippen LogP contribution is -2.33. The number of hydrogen-bond donors (Lipinski definition) is 1. The van der Waals surface area contributed by atoms with Gasteiger partial charge < -0.3 is 28.8 Å². The summed E-state index contributed by atoms with van der Waals surface area (Å²) in [5, 5.41) is 0.799. The van der Waals surface area contributed by atoms with Crippen molar-refractivity contribution in [3.8, 4) is 23.0 Å². The first kappa shape index (κ1) is 24.7. The monoisotopic (exact) mass is 488 g/mol. The molecule has 0 aliphatic rings. The van der Waals surface area contributed by atoms with Crippen molar-refractivity contribution in [2.24, 2.45) is 0 Å². The van der Waals surface area contributed by atoms with Crippen LogP contribution in [0.3, 0.4) is 0 Å². The minimum Gasteiger partial charge on any atom is -0.497 e. The highest BCUT2D eigenvalue weighted by Crippen LogP contribution is 2.39. The summed E-state index contributed by atoms with van der Waals surface area (Å²) < 4.78 is 21.6. The molecule has 1 amide bonds. The molecule has 3 aromatic carbocycles. The van der Waals surface area contributed by atoms with Crippen LogP contribution in [0.5, 0.6) is 23.0 Å². The number of pyridine rings is 1. The van der Waals surface area contributed by atoms with Crippen LogP contribution in [0.1, 0.15) is 21.5 Å². The molecule has 4 aromatic rings. The Hall–Kier alpha value is -4.46. The fourth-order valence-corrected chi connectivity index (χ4v) is 4.08. The molecule has 186 valence electrons. The van der Waals surface area contributed by atoms with Gasteiger partial charge in [-0.25, -0.2) is 0 Å². The van der Waals surface area contributed by atoms with Crippen LogP contribution in [0, 0.1) is 6.92 Å². The number of hydrogen-bond acceptors (Lipinski definition) is 6. The molecule has 8 nitrogen and oxygen atoms in total. The Morgan fingerprint density at radius 2 is 1.58 bits per heavy atom. The van der Waals surface area contributed by atoms with Crippen LogP contribution in [-0.4, -0.2) is 39.3 Å². The van der Waals surface area contributed by atoms with E-state index >= 15 is 0 Å². The Morgan fingerprint density at radius 1 is 0.861 bits per heavy atom. The van der Waals surface area contributed by atoms with Crippen molar-refractivity contribution in [2.75, 3.05) is 33.3 Å².